The molecule has 0 aromatic heterocycles. The SMILES string of the molecule is CCCCCCCOC(CCCCCCCCC/C=C/CCBr)OCCCCCCC. The minimum Gasteiger partial charge on any atom is -0.353 e. The maximum atomic E-state index is 6.12. The highest BCUT2D eigenvalue weighted by atomic mass is 79.9. The van der Waals surface area contributed by atoms with Crippen molar-refractivity contribution in [3.05, 3.63) is 12.2 Å². The van der Waals surface area contributed by atoms with Gasteiger partial charge < -0.3 is 9.47 Å². The molecule has 0 saturated carbocycles. The fraction of sp³-hybridized carbons (Fsp3) is 0.929. The maximum Gasteiger partial charge on any atom is 0.157 e. The second-order valence-electron chi connectivity index (χ2n) is 9.00. The Balaban J connectivity index is 3.75. The lowest BCUT2D eigenvalue weighted by molar-refractivity contribution is -0.148. The molecule has 0 aromatic rings. The van der Waals surface area contributed by atoms with Gasteiger partial charge in [-0.05, 0) is 44.9 Å². The van der Waals surface area contributed by atoms with Crippen molar-refractivity contribution >= 4 is 15.9 Å². The van der Waals surface area contributed by atoms with Gasteiger partial charge in [0.15, 0.2) is 6.29 Å². The van der Waals surface area contributed by atoms with Gasteiger partial charge in [-0.25, -0.2) is 0 Å². The van der Waals surface area contributed by atoms with Crippen LogP contribution in [0.25, 0.3) is 0 Å². The van der Waals surface area contributed by atoms with E-state index in [0.29, 0.717) is 0 Å². The van der Waals surface area contributed by atoms with Gasteiger partial charge in [-0.1, -0.05) is 125 Å². The van der Waals surface area contributed by atoms with E-state index < -0.39 is 0 Å². The van der Waals surface area contributed by atoms with Crippen molar-refractivity contribution in [2.45, 2.75) is 149 Å². The Morgan fingerprint density at radius 3 is 1.55 bits per heavy atom. The zero-order valence-electron chi connectivity index (χ0n) is 21.2. The lowest BCUT2D eigenvalue weighted by Gasteiger charge is -2.19. The standard InChI is InChI=1S/C28H55BrO2/c1-3-5-7-18-22-26-30-28(31-27-23-19-8-6-4-2)24-20-16-14-12-10-9-11-13-15-17-21-25-29/h15,17,28H,3-14,16,18-27H2,1-2H3/b17-15+. The van der Waals surface area contributed by atoms with Gasteiger partial charge in [0.1, 0.15) is 0 Å². The molecule has 0 heterocycles. The van der Waals surface area contributed by atoms with Gasteiger partial charge in [-0.15, -0.1) is 0 Å². The summed E-state index contributed by atoms with van der Waals surface area (Å²) in [6, 6.07) is 0. The van der Waals surface area contributed by atoms with Crippen LogP contribution in [0.3, 0.4) is 0 Å². The topological polar surface area (TPSA) is 18.5 Å². The predicted octanol–water partition coefficient (Wildman–Crippen LogP) is 10.1. The lowest BCUT2D eigenvalue weighted by atomic mass is 10.1. The smallest absolute Gasteiger partial charge is 0.157 e. The van der Waals surface area contributed by atoms with Crippen LogP contribution in [-0.4, -0.2) is 24.8 Å². The molecule has 0 saturated heterocycles. The highest BCUT2D eigenvalue weighted by Crippen LogP contribution is 2.14. The average Bonchev–Trinajstić information content (AvgIpc) is 2.78. The normalized spacial score (nSPS) is 11.9. The first-order valence-electron chi connectivity index (χ1n) is 13.8. The number of alkyl halides is 1. The fourth-order valence-electron chi connectivity index (χ4n) is 3.81. The van der Waals surface area contributed by atoms with Crippen LogP contribution in [0.2, 0.25) is 0 Å². The number of unbranched alkanes of at least 4 members (excludes halogenated alkanes) is 15. The summed E-state index contributed by atoms with van der Waals surface area (Å²) >= 11 is 3.46. The number of ether oxygens (including phenoxy) is 2. The Bertz CT molecular complexity index is 330. The van der Waals surface area contributed by atoms with Crippen LogP contribution in [0.15, 0.2) is 12.2 Å². The molecular weight excluding hydrogens is 448 g/mol. The van der Waals surface area contributed by atoms with E-state index in [4.69, 9.17) is 9.47 Å². The van der Waals surface area contributed by atoms with E-state index >= 15 is 0 Å². The number of hydrogen-bond acceptors (Lipinski definition) is 2. The van der Waals surface area contributed by atoms with Gasteiger partial charge in [0.05, 0.1) is 0 Å². The largest absolute Gasteiger partial charge is 0.353 e. The van der Waals surface area contributed by atoms with E-state index in [-0.39, 0.29) is 6.29 Å². The number of rotatable bonds is 26. The third kappa shape index (κ3) is 26.3. The molecule has 0 aromatic carbocycles. The molecule has 0 atom stereocenters. The van der Waals surface area contributed by atoms with Gasteiger partial charge in [0.2, 0.25) is 0 Å². The molecule has 2 nitrogen and oxygen atoms in total. The molecule has 0 spiro atoms. The van der Waals surface area contributed by atoms with E-state index in [2.05, 4.69) is 41.9 Å². The maximum absolute atomic E-state index is 6.12. The highest BCUT2D eigenvalue weighted by molar-refractivity contribution is 9.09. The third-order valence-electron chi connectivity index (χ3n) is 5.86. The summed E-state index contributed by atoms with van der Waals surface area (Å²) in [6.07, 6.45) is 30.5. The van der Waals surface area contributed by atoms with E-state index in [1.165, 1.54) is 116 Å². The van der Waals surface area contributed by atoms with Crippen LogP contribution in [0, 0.1) is 0 Å². The van der Waals surface area contributed by atoms with Crippen molar-refractivity contribution < 1.29 is 9.47 Å². The van der Waals surface area contributed by atoms with Crippen LogP contribution in [0.4, 0.5) is 0 Å². The van der Waals surface area contributed by atoms with Crippen LogP contribution < -0.4 is 0 Å². The molecular formula is C28H55BrO2. The number of halogens is 1. The summed E-state index contributed by atoms with van der Waals surface area (Å²) in [5.41, 5.74) is 0. The van der Waals surface area contributed by atoms with Crippen molar-refractivity contribution in [1.82, 2.24) is 0 Å². The van der Waals surface area contributed by atoms with Crippen molar-refractivity contribution in [2.75, 3.05) is 18.5 Å². The van der Waals surface area contributed by atoms with E-state index in [9.17, 15) is 0 Å². The molecule has 0 aliphatic carbocycles. The van der Waals surface area contributed by atoms with Crippen LogP contribution in [-0.2, 0) is 9.47 Å². The molecule has 0 bridgehead atoms. The second-order valence-corrected chi connectivity index (χ2v) is 9.79. The molecule has 3 heteroatoms. The van der Waals surface area contributed by atoms with Gasteiger partial charge in [-0.3, -0.25) is 0 Å². The zero-order chi connectivity index (χ0) is 22.7. The minimum atomic E-state index is 0.0312. The van der Waals surface area contributed by atoms with Gasteiger partial charge >= 0.3 is 0 Å². The molecule has 0 N–H and O–H groups in total. The molecule has 0 unspecified atom stereocenters. The monoisotopic (exact) mass is 502 g/mol. The van der Waals surface area contributed by atoms with Gasteiger partial charge in [0, 0.05) is 18.5 Å². The Kier molecular flexibility index (Phi) is 28.3. The first-order valence-corrected chi connectivity index (χ1v) is 14.9. The molecule has 0 aliphatic rings. The summed E-state index contributed by atoms with van der Waals surface area (Å²) in [7, 11) is 0. The summed E-state index contributed by atoms with van der Waals surface area (Å²) in [5, 5.41) is 1.08. The van der Waals surface area contributed by atoms with Gasteiger partial charge in [0.25, 0.3) is 0 Å². The van der Waals surface area contributed by atoms with E-state index in [1.54, 1.807) is 0 Å². The average molecular weight is 504 g/mol. The summed E-state index contributed by atoms with van der Waals surface area (Å²) in [4.78, 5) is 0. The molecule has 0 aliphatic heterocycles. The van der Waals surface area contributed by atoms with E-state index in [0.717, 1.165) is 31.4 Å². The Morgan fingerprint density at radius 2 is 1.00 bits per heavy atom. The molecule has 0 rings (SSSR count). The number of hydrogen-bond donors (Lipinski definition) is 0. The van der Waals surface area contributed by atoms with E-state index in [1.807, 2.05) is 0 Å². The highest BCUT2D eigenvalue weighted by Gasteiger charge is 2.09. The van der Waals surface area contributed by atoms with Crippen LogP contribution in [0.5, 0.6) is 0 Å². The minimum absolute atomic E-state index is 0.0312. The third-order valence-corrected chi connectivity index (χ3v) is 6.31. The first-order chi connectivity index (χ1) is 15.3. The molecule has 186 valence electrons. The lowest BCUT2D eigenvalue weighted by Crippen LogP contribution is -2.19. The van der Waals surface area contributed by atoms with Crippen LogP contribution >= 0.6 is 15.9 Å². The molecule has 0 fully saturated rings. The summed E-state index contributed by atoms with van der Waals surface area (Å²) < 4.78 is 12.2. The predicted molar refractivity (Wildman–Crippen MR) is 142 cm³/mol. The quantitative estimate of drug-likeness (QED) is 0.0506. The Labute approximate surface area is 204 Å². The van der Waals surface area contributed by atoms with Crippen molar-refractivity contribution in [3.8, 4) is 0 Å². The van der Waals surface area contributed by atoms with Crippen molar-refractivity contribution in [1.29, 1.82) is 0 Å². The van der Waals surface area contributed by atoms with Crippen molar-refractivity contribution in [2.24, 2.45) is 0 Å². The fourth-order valence-corrected chi connectivity index (χ4v) is 4.08. The van der Waals surface area contributed by atoms with Crippen molar-refractivity contribution in [3.63, 3.8) is 0 Å². The Hall–Kier alpha value is 0.140. The molecule has 0 amide bonds. The van der Waals surface area contributed by atoms with Gasteiger partial charge in [-0.2, -0.15) is 0 Å². The van der Waals surface area contributed by atoms with Crippen LogP contribution in [0.1, 0.15) is 142 Å². The zero-order valence-corrected chi connectivity index (χ0v) is 22.8. The summed E-state index contributed by atoms with van der Waals surface area (Å²) in [5.74, 6) is 0. The first kappa shape index (κ1) is 31.1. The molecule has 31 heavy (non-hydrogen) atoms. The Morgan fingerprint density at radius 1 is 0.548 bits per heavy atom. The number of allylic oxidation sites excluding steroid dienone is 2. The second kappa shape index (κ2) is 28.2. The summed E-state index contributed by atoms with van der Waals surface area (Å²) in [6.45, 7) is 6.28. The molecule has 0 radical (unpaired) electrons.